The smallest absolute Gasteiger partial charge is 0.237 e. The van der Waals surface area contributed by atoms with Crippen molar-refractivity contribution in [3.63, 3.8) is 0 Å². The number of likely N-dealkylation sites (N-methyl/N-ethyl adjacent to an activating group) is 1. The second-order valence-corrected chi connectivity index (χ2v) is 7.59. The van der Waals surface area contributed by atoms with Gasteiger partial charge in [-0.25, -0.2) is 0 Å². The van der Waals surface area contributed by atoms with Gasteiger partial charge < -0.3 is 10.6 Å². The van der Waals surface area contributed by atoms with Crippen molar-refractivity contribution in [1.29, 1.82) is 0 Å². The Morgan fingerprint density at radius 1 is 1.12 bits per heavy atom. The van der Waals surface area contributed by atoms with Crippen molar-refractivity contribution >= 4 is 17.7 Å². The molecule has 4 nitrogen and oxygen atoms in total. The minimum absolute atomic E-state index is 0.0726. The predicted octanol–water partition coefficient (Wildman–Crippen LogP) is 2.89. The van der Waals surface area contributed by atoms with Gasteiger partial charge in [-0.15, -0.1) is 11.8 Å². The second kappa shape index (κ2) is 9.21. The summed E-state index contributed by atoms with van der Waals surface area (Å²) in [6.45, 7) is 2.52. The van der Waals surface area contributed by atoms with Crippen LogP contribution in [-0.2, 0) is 17.9 Å². The standard InChI is InChI=1S/C21H27N3OS/c1-22-21(25)20-12-18(15-24(20)14-17-6-4-3-5-7-17)23-13-16-8-10-19(26-2)11-9-16/h3-11,18,20,23H,12-15H2,1-2H3,(H,22,25)/t18-,20+/m1/s1. The molecule has 0 radical (unpaired) electrons. The number of nitrogens with zero attached hydrogens (tertiary/aromatic N) is 1. The highest BCUT2D eigenvalue weighted by Crippen LogP contribution is 2.22. The van der Waals surface area contributed by atoms with Crippen molar-refractivity contribution in [2.75, 3.05) is 19.8 Å². The number of hydrogen-bond donors (Lipinski definition) is 2. The zero-order valence-corrected chi connectivity index (χ0v) is 16.3. The van der Waals surface area contributed by atoms with Gasteiger partial charge in [-0.3, -0.25) is 9.69 Å². The third-order valence-corrected chi connectivity index (χ3v) is 5.68. The molecule has 0 aromatic heterocycles. The van der Waals surface area contributed by atoms with Crippen LogP contribution in [0.25, 0.3) is 0 Å². The van der Waals surface area contributed by atoms with E-state index in [0.29, 0.717) is 6.04 Å². The molecule has 3 rings (SSSR count). The maximum atomic E-state index is 12.3. The first kappa shape index (κ1) is 19.0. The summed E-state index contributed by atoms with van der Waals surface area (Å²) in [5.74, 6) is 0.106. The first-order chi connectivity index (χ1) is 12.7. The first-order valence-electron chi connectivity index (χ1n) is 9.05. The molecule has 1 amide bonds. The van der Waals surface area contributed by atoms with Crippen LogP contribution in [0, 0.1) is 0 Å². The summed E-state index contributed by atoms with van der Waals surface area (Å²) in [6.07, 6.45) is 2.93. The van der Waals surface area contributed by atoms with E-state index in [4.69, 9.17) is 0 Å². The molecular weight excluding hydrogens is 342 g/mol. The van der Waals surface area contributed by atoms with Gasteiger partial charge in [0, 0.05) is 37.6 Å². The van der Waals surface area contributed by atoms with Gasteiger partial charge in [0.25, 0.3) is 0 Å². The molecule has 26 heavy (non-hydrogen) atoms. The number of carbonyl (C=O) groups is 1. The van der Waals surface area contributed by atoms with Crippen molar-refractivity contribution in [1.82, 2.24) is 15.5 Å². The minimum Gasteiger partial charge on any atom is -0.358 e. The Hall–Kier alpha value is -1.82. The molecule has 0 aliphatic carbocycles. The predicted molar refractivity (Wildman–Crippen MR) is 108 cm³/mol. The SMILES string of the molecule is CNC(=O)[C@@H]1C[C@@H](NCc2ccc(SC)cc2)CN1Cc1ccccc1. The van der Waals surface area contributed by atoms with E-state index in [-0.39, 0.29) is 11.9 Å². The molecule has 1 saturated heterocycles. The van der Waals surface area contributed by atoms with Crippen LogP contribution in [0.15, 0.2) is 59.5 Å². The lowest BCUT2D eigenvalue weighted by Crippen LogP contribution is -2.41. The van der Waals surface area contributed by atoms with Crippen molar-refractivity contribution in [2.45, 2.75) is 36.5 Å². The highest BCUT2D eigenvalue weighted by molar-refractivity contribution is 7.98. The van der Waals surface area contributed by atoms with Gasteiger partial charge in [0.1, 0.15) is 0 Å². The molecule has 5 heteroatoms. The van der Waals surface area contributed by atoms with Gasteiger partial charge >= 0.3 is 0 Å². The lowest BCUT2D eigenvalue weighted by molar-refractivity contribution is -0.125. The van der Waals surface area contributed by atoms with Gasteiger partial charge in [-0.1, -0.05) is 42.5 Å². The summed E-state index contributed by atoms with van der Waals surface area (Å²) < 4.78 is 0. The van der Waals surface area contributed by atoms with Crippen LogP contribution in [0.3, 0.4) is 0 Å². The topological polar surface area (TPSA) is 44.4 Å². The fourth-order valence-corrected chi connectivity index (χ4v) is 3.90. The van der Waals surface area contributed by atoms with Crippen LogP contribution in [0.5, 0.6) is 0 Å². The Labute approximate surface area is 160 Å². The van der Waals surface area contributed by atoms with Crippen LogP contribution in [0.2, 0.25) is 0 Å². The van der Waals surface area contributed by atoms with Gasteiger partial charge in [0.2, 0.25) is 5.91 Å². The molecule has 2 atom stereocenters. The maximum Gasteiger partial charge on any atom is 0.237 e. The molecular formula is C21H27N3OS. The van der Waals surface area contributed by atoms with Crippen molar-refractivity contribution in [2.24, 2.45) is 0 Å². The summed E-state index contributed by atoms with van der Waals surface area (Å²) in [6, 6.07) is 19.3. The number of thioether (sulfide) groups is 1. The van der Waals surface area contributed by atoms with Crippen LogP contribution >= 0.6 is 11.8 Å². The Balaban J connectivity index is 1.60. The van der Waals surface area contributed by atoms with E-state index >= 15 is 0 Å². The Morgan fingerprint density at radius 2 is 1.85 bits per heavy atom. The molecule has 1 aliphatic heterocycles. The highest BCUT2D eigenvalue weighted by atomic mass is 32.2. The van der Waals surface area contributed by atoms with E-state index in [1.165, 1.54) is 16.0 Å². The van der Waals surface area contributed by atoms with Crippen LogP contribution < -0.4 is 10.6 Å². The number of hydrogen-bond acceptors (Lipinski definition) is 4. The van der Waals surface area contributed by atoms with E-state index in [1.54, 1.807) is 18.8 Å². The number of benzene rings is 2. The summed E-state index contributed by atoms with van der Waals surface area (Å²) in [7, 11) is 1.72. The molecule has 1 heterocycles. The van der Waals surface area contributed by atoms with Crippen LogP contribution in [0.1, 0.15) is 17.5 Å². The first-order valence-corrected chi connectivity index (χ1v) is 10.3. The van der Waals surface area contributed by atoms with Crippen molar-refractivity contribution < 1.29 is 4.79 Å². The van der Waals surface area contributed by atoms with E-state index < -0.39 is 0 Å². The molecule has 0 bridgehead atoms. The summed E-state index contributed by atoms with van der Waals surface area (Å²) >= 11 is 1.76. The molecule has 2 aromatic rings. The van der Waals surface area contributed by atoms with Gasteiger partial charge in [0.15, 0.2) is 0 Å². The van der Waals surface area contributed by atoms with Crippen LogP contribution in [0.4, 0.5) is 0 Å². The minimum atomic E-state index is -0.0726. The second-order valence-electron chi connectivity index (χ2n) is 6.71. The monoisotopic (exact) mass is 369 g/mol. The molecule has 0 saturated carbocycles. The fourth-order valence-electron chi connectivity index (χ4n) is 3.49. The Bertz CT molecular complexity index is 705. The lowest BCUT2D eigenvalue weighted by Gasteiger charge is -2.22. The van der Waals surface area contributed by atoms with Gasteiger partial charge in [-0.2, -0.15) is 0 Å². The third-order valence-electron chi connectivity index (χ3n) is 4.93. The number of rotatable bonds is 7. The summed E-state index contributed by atoms with van der Waals surface area (Å²) in [5, 5.41) is 6.45. The van der Waals surface area contributed by atoms with E-state index in [9.17, 15) is 4.79 Å². The quantitative estimate of drug-likeness (QED) is 0.737. The average Bonchev–Trinajstić information content (AvgIpc) is 3.09. The normalized spacial score (nSPS) is 20.2. The summed E-state index contributed by atoms with van der Waals surface area (Å²) in [4.78, 5) is 15.9. The van der Waals surface area contributed by atoms with E-state index in [0.717, 1.165) is 26.1 Å². The Kier molecular flexibility index (Phi) is 6.72. The molecule has 1 aliphatic rings. The molecule has 0 unspecified atom stereocenters. The molecule has 2 aromatic carbocycles. The van der Waals surface area contributed by atoms with E-state index in [2.05, 4.69) is 58.2 Å². The van der Waals surface area contributed by atoms with Crippen molar-refractivity contribution in [3.05, 3.63) is 65.7 Å². The number of nitrogens with one attached hydrogen (secondary N) is 2. The molecule has 138 valence electrons. The van der Waals surface area contributed by atoms with Gasteiger partial charge in [-0.05, 0) is 35.9 Å². The summed E-state index contributed by atoms with van der Waals surface area (Å²) in [5.41, 5.74) is 2.52. The highest BCUT2D eigenvalue weighted by Gasteiger charge is 2.35. The number of carbonyl (C=O) groups excluding carboxylic acids is 1. The Morgan fingerprint density at radius 3 is 2.50 bits per heavy atom. The van der Waals surface area contributed by atoms with Gasteiger partial charge in [0.05, 0.1) is 6.04 Å². The average molecular weight is 370 g/mol. The lowest BCUT2D eigenvalue weighted by atomic mass is 10.1. The van der Waals surface area contributed by atoms with E-state index in [1.807, 2.05) is 18.2 Å². The zero-order chi connectivity index (χ0) is 18.4. The largest absolute Gasteiger partial charge is 0.358 e. The molecule has 0 spiro atoms. The number of likely N-dealkylation sites (tertiary alicyclic amines) is 1. The zero-order valence-electron chi connectivity index (χ0n) is 15.4. The molecule has 1 fully saturated rings. The third kappa shape index (κ3) is 4.87. The molecule has 2 N–H and O–H groups in total. The fraction of sp³-hybridized carbons (Fsp3) is 0.381. The van der Waals surface area contributed by atoms with Crippen LogP contribution in [-0.4, -0.2) is 42.7 Å². The maximum absolute atomic E-state index is 12.3. The van der Waals surface area contributed by atoms with Crippen molar-refractivity contribution in [3.8, 4) is 0 Å². The number of amides is 1.